The first-order chi connectivity index (χ1) is 14.2. The summed E-state index contributed by atoms with van der Waals surface area (Å²) in [6.45, 7) is 3.14. The van der Waals surface area contributed by atoms with Crippen LogP contribution in [0.5, 0.6) is 5.75 Å². The smallest absolute Gasteiger partial charge is 0.278 e. The molecule has 3 rings (SSSR count). The van der Waals surface area contributed by atoms with Gasteiger partial charge in [0.25, 0.3) is 15.9 Å². The van der Waals surface area contributed by atoms with E-state index in [9.17, 15) is 13.2 Å². The van der Waals surface area contributed by atoms with Crippen LogP contribution in [0.1, 0.15) is 11.1 Å². The molecule has 156 valence electrons. The maximum Gasteiger partial charge on any atom is 0.278 e. The molecule has 0 aliphatic rings. The third kappa shape index (κ3) is 5.03. The monoisotopic (exact) mass is 507 g/mol. The van der Waals surface area contributed by atoms with Crippen molar-refractivity contribution >= 4 is 49.1 Å². The Morgan fingerprint density at radius 2 is 1.73 bits per heavy atom. The Kier molecular flexibility index (Phi) is 6.85. The second kappa shape index (κ2) is 9.20. The Morgan fingerprint density at radius 3 is 2.40 bits per heavy atom. The van der Waals surface area contributed by atoms with Crippen LogP contribution in [0, 0.1) is 13.8 Å². The lowest BCUT2D eigenvalue weighted by molar-refractivity contribution is -0.119. The molecule has 0 heterocycles. The van der Waals surface area contributed by atoms with E-state index in [0.717, 1.165) is 14.3 Å². The molecule has 8 heteroatoms. The molecule has 5 nitrogen and oxygen atoms in total. The number of ether oxygens (including phenoxy) is 1. The highest BCUT2D eigenvalue weighted by atomic mass is 79.9. The molecule has 0 aliphatic carbocycles. The number of hydrogen-bond donors (Lipinski definition) is 0. The second-order valence-corrected chi connectivity index (χ2v) is 9.79. The van der Waals surface area contributed by atoms with E-state index in [1.807, 2.05) is 19.1 Å². The van der Waals surface area contributed by atoms with Gasteiger partial charge in [-0.2, -0.15) is 4.31 Å². The molecule has 0 spiro atoms. The number of carbonyl (C=O) groups excluding carboxylic acids is 1. The molecule has 0 saturated carbocycles. The number of hydrogen-bond acceptors (Lipinski definition) is 4. The van der Waals surface area contributed by atoms with Crippen molar-refractivity contribution in [3.8, 4) is 5.75 Å². The molecule has 0 unspecified atom stereocenters. The molecule has 0 bridgehead atoms. The summed E-state index contributed by atoms with van der Waals surface area (Å²) >= 11 is 9.24. The Labute approximate surface area is 189 Å². The lowest BCUT2D eigenvalue weighted by atomic mass is 10.1. The summed E-state index contributed by atoms with van der Waals surface area (Å²) < 4.78 is 34.0. The average molecular weight is 509 g/mol. The fourth-order valence-electron chi connectivity index (χ4n) is 2.81. The van der Waals surface area contributed by atoms with E-state index in [0.29, 0.717) is 16.3 Å². The van der Waals surface area contributed by atoms with Crippen LogP contribution in [-0.2, 0) is 14.8 Å². The van der Waals surface area contributed by atoms with Crippen molar-refractivity contribution in [2.24, 2.45) is 0 Å². The summed E-state index contributed by atoms with van der Waals surface area (Å²) in [5.74, 6) is -0.263. The van der Waals surface area contributed by atoms with Crippen molar-refractivity contribution in [2.75, 3.05) is 10.9 Å². The zero-order chi connectivity index (χ0) is 21.9. The molecule has 0 saturated heterocycles. The van der Waals surface area contributed by atoms with Gasteiger partial charge in [0.05, 0.1) is 10.6 Å². The minimum Gasteiger partial charge on any atom is -0.484 e. The Morgan fingerprint density at radius 1 is 1.03 bits per heavy atom. The highest BCUT2D eigenvalue weighted by Gasteiger charge is 2.32. The Hall–Kier alpha value is -2.35. The lowest BCUT2D eigenvalue weighted by Crippen LogP contribution is -2.40. The third-order valence-corrected chi connectivity index (χ3v) is 6.81. The highest BCUT2D eigenvalue weighted by Crippen LogP contribution is 2.29. The first-order valence-electron chi connectivity index (χ1n) is 8.98. The normalized spacial score (nSPS) is 11.2. The quantitative estimate of drug-likeness (QED) is 0.440. The van der Waals surface area contributed by atoms with Gasteiger partial charge in [0, 0.05) is 9.50 Å². The van der Waals surface area contributed by atoms with Gasteiger partial charge >= 0.3 is 0 Å². The Bertz CT molecular complexity index is 1180. The van der Waals surface area contributed by atoms with Gasteiger partial charge in [-0.1, -0.05) is 45.7 Å². The number of carbonyl (C=O) groups is 1. The van der Waals surface area contributed by atoms with Crippen LogP contribution in [0.4, 0.5) is 5.69 Å². The van der Waals surface area contributed by atoms with Crippen molar-refractivity contribution in [3.05, 3.63) is 87.4 Å². The van der Waals surface area contributed by atoms with Crippen LogP contribution in [-0.4, -0.2) is 20.9 Å². The summed E-state index contributed by atoms with van der Waals surface area (Å²) in [5.41, 5.74) is 1.76. The zero-order valence-electron chi connectivity index (χ0n) is 16.3. The van der Waals surface area contributed by atoms with E-state index >= 15 is 0 Å². The standard InChI is InChI=1S/C22H19BrClNO4S/c1-15-6-7-16(2)21(12-15)25(30(27,28)20-10-8-18(24)9-11-20)22(26)14-29-19-5-3-4-17(23)13-19/h3-13H,14H2,1-2H3. The van der Waals surface area contributed by atoms with Crippen molar-refractivity contribution in [1.82, 2.24) is 0 Å². The summed E-state index contributed by atoms with van der Waals surface area (Å²) in [7, 11) is -4.19. The van der Waals surface area contributed by atoms with Crippen LogP contribution < -0.4 is 9.04 Å². The van der Waals surface area contributed by atoms with Crippen molar-refractivity contribution in [2.45, 2.75) is 18.7 Å². The largest absolute Gasteiger partial charge is 0.484 e. The van der Waals surface area contributed by atoms with Crippen molar-refractivity contribution in [1.29, 1.82) is 0 Å². The summed E-state index contributed by atoms with van der Waals surface area (Å²) in [4.78, 5) is 13.1. The molecular formula is C22H19BrClNO4S. The maximum absolute atomic E-state index is 13.4. The lowest BCUT2D eigenvalue weighted by Gasteiger charge is -2.24. The molecule has 0 aliphatic heterocycles. The van der Waals surface area contributed by atoms with E-state index in [1.165, 1.54) is 24.3 Å². The number of halogens is 2. The van der Waals surface area contributed by atoms with Gasteiger partial charge in [-0.05, 0) is 73.5 Å². The first-order valence-corrected chi connectivity index (χ1v) is 11.6. The zero-order valence-corrected chi connectivity index (χ0v) is 19.5. The van der Waals surface area contributed by atoms with Gasteiger partial charge in [0.15, 0.2) is 6.61 Å². The van der Waals surface area contributed by atoms with Crippen molar-refractivity contribution in [3.63, 3.8) is 0 Å². The first kappa shape index (κ1) is 22.3. The van der Waals surface area contributed by atoms with Crippen LogP contribution in [0.25, 0.3) is 0 Å². The molecule has 30 heavy (non-hydrogen) atoms. The summed E-state index contributed by atoms with van der Waals surface area (Å²) in [6.07, 6.45) is 0. The minimum absolute atomic E-state index is 0.0383. The van der Waals surface area contributed by atoms with Crippen LogP contribution in [0.2, 0.25) is 5.02 Å². The predicted molar refractivity (Wildman–Crippen MR) is 122 cm³/mol. The van der Waals surface area contributed by atoms with Gasteiger partial charge in [-0.15, -0.1) is 0 Å². The van der Waals surface area contributed by atoms with Crippen LogP contribution in [0.3, 0.4) is 0 Å². The number of amides is 1. The SMILES string of the molecule is Cc1ccc(C)c(N(C(=O)COc2cccc(Br)c2)S(=O)(=O)c2ccc(Cl)cc2)c1. The van der Waals surface area contributed by atoms with E-state index in [-0.39, 0.29) is 10.6 Å². The number of benzene rings is 3. The number of aryl methyl sites for hydroxylation is 2. The molecular weight excluding hydrogens is 490 g/mol. The van der Waals surface area contributed by atoms with E-state index in [4.69, 9.17) is 16.3 Å². The van der Waals surface area contributed by atoms with Crippen molar-refractivity contribution < 1.29 is 17.9 Å². The highest BCUT2D eigenvalue weighted by molar-refractivity contribution is 9.10. The fourth-order valence-corrected chi connectivity index (χ4v) is 4.78. The van der Waals surface area contributed by atoms with Gasteiger partial charge in [-0.25, -0.2) is 8.42 Å². The molecule has 0 aromatic heterocycles. The molecule has 0 atom stereocenters. The number of sulfonamides is 1. The summed E-state index contributed by atoms with van der Waals surface area (Å²) in [5, 5.41) is 0.400. The molecule has 3 aromatic carbocycles. The fraction of sp³-hybridized carbons (Fsp3) is 0.136. The number of nitrogens with zero attached hydrogens (tertiary/aromatic N) is 1. The Balaban J connectivity index is 2.02. The van der Waals surface area contributed by atoms with Gasteiger partial charge in [-0.3, -0.25) is 4.79 Å². The van der Waals surface area contributed by atoms with E-state index < -0.39 is 22.5 Å². The number of rotatable bonds is 6. The minimum atomic E-state index is -4.19. The van der Waals surface area contributed by atoms with Gasteiger partial charge in [0.1, 0.15) is 5.75 Å². The predicted octanol–water partition coefficient (Wildman–Crippen LogP) is 5.52. The van der Waals surface area contributed by atoms with Gasteiger partial charge < -0.3 is 4.74 Å². The second-order valence-electron chi connectivity index (χ2n) is 6.65. The van der Waals surface area contributed by atoms with E-state index in [1.54, 1.807) is 37.3 Å². The molecule has 0 N–H and O–H groups in total. The molecule has 3 aromatic rings. The molecule has 1 amide bonds. The molecule has 0 fully saturated rings. The van der Waals surface area contributed by atoms with Crippen LogP contribution >= 0.6 is 27.5 Å². The van der Waals surface area contributed by atoms with E-state index in [2.05, 4.69) is 15.9 Å². The average Bonchev–Trinajstić information content (AvgIpc) is 2.69. The third-order valence-electron chi connectivity index (χ3n) is 4.32. The summed E-state index contributed by atoms with van der Waals surface area (Å²) in [6, 6.07) is 18.0. The topological polar surface area (TPSA) is 63.7 Å². The maximum atomic E-state index is 13.4. The number of anilines is 1. The van der Waals surface area contributed by atoms with Crippen LogP contribution in [0.15, 0.2) is 76.1 Å². The molecule has 0 radical (unpaired) electrons. The van der Waals surface area contributed by atoms with Gasteiger partial charge in [0.2, 0.25) is 0 Å².